The molecule has 1 N–H and O–H groups in total. The Morgan fingerprint density at radius 2 is 2.12 bits per heavy atom. The van der Waals surface area contributed by atoms with E-state index >= 15 is 0 Å². The molecular formula is C13H26N2O. The van der Waals surface area contributed by atoms with Crippen LogP contribution in [0.2, 0.25) is 0 Å². The molecule has 0 spiro atoms. The summed E-state index contributed by atoms with van der Waals surface area (Å²) in [7, 11) is 2.22. The fourth-order valence-corrected chi connectivity index (χ4v) is 2.78. The molecule has 2 saturated heterocycles. The summed E-state index contributed by atoms with van der Waals surface area (Å²) >= 11 is 0. The lowest BCUT2D eigenvalue weighted by molar-refractivity contribution is 0.0198. The minimum Gasteiger partial charge on any atom is -0.374 e. The summed E-state index contributed by atoms with van der Waals surface area (Å²) in [4.78, 5) is 2.43. The van der Waals surface area contributed by atoms with Crippen molar-refractivity contribution in [2.45, 2.75) is 38.2 Å². The fourth-order valence-electron chi connectivity index (χ4n) is 2.78. The number of nitrogens with zero attached hydrogens (tertiary/aromatic N) is 1. The molecule has 0 radical (unpaired) electrons. The fraction of sp³-hybridized carbons (Fsp3) is 1.00. The standard InChI is InChI=1S/C13H26N2O/c1-13(6-3-9-16-13)11-14-10-12-4-7-15(2)8-5-12/h12,14H,3-11H2,1-2H3. The van der Waals surface area contributed by atoms with E-state index in [0.29, 0.717) is 0 Å². The van der Waals surface area contributed by atoms with E-state index < -0.39 is 0 Å². The van der Waals surface area contributed by atoms with Gasteiger partial charge in [-0.15, -0.1) is 0 Å². The first kappa shape index (κ1) is 12.3. The quantitative estimate of drug-likeness (QED) is 0.786. The van der Waals surface area contributed by atoms with Gasteiger partial charge in [-0.1, -0.05) is 0 Å². The van der Waals surface area contributed by atoms with Crippen molar-refractivity contribution < 1.29 is 4.74 Å². The number of piperidine rings is 1. The molecule has 0 saturated carbocycles. The van der Waals surface area contributed by atoms with Crippen molar-refractivity contribution >= 4 is 0 Å². The average molecular weight is 226 g/mol. The summed E-state index contributed by atoms with van der Waals surface area (Å²) in [6, 6.07) is 0. The lowest BCUT2D eigenvalue weighted by atomic mass is 9.96. The maximum absolute atomic E-state index is 5.78. The Labute approximate surface area is 99.5 Å². The smallest absolute Gasteiger partial charge is 0.0779 e. The highest BCUT2D eigenvalue weighted by atomic mass is 16.5. The maximum atomic E-state index is 5.78. The topological polar surface area (TPSA) is 24.5 Å². The molecule has 0 aromatic rings. The molecule has 2 heterocycles. The minimum absolute atomic E-state index is 0.117. The van der Waals surface area contributed by atoms with E-state index in [-0.39, 0.29) is 5.60 Å². The highest BCUT2D eigenvalue weighted by molar-refractivity contribution is 4.83. The van der Waals surface area contributed by atoms with Gasteiger partial charge in [0.2, 0.25) is 0 Å². The lowest BCUT2D eigenvalue weighted by Gasteiger charge is -2.30. The number of ether oxygens (including phenoxy) is 1. The van der Waals surface area contributed by atoms with Crippen LogP contribution in [0.3, 0.4) is 0 Å². The molecule has 1 unspecified atom stereocenters. The molecule has 16 heavy (non-hydrogen) atoms. The van der Waals surface area contributed by atoms with Gasteiger partial charge in [0.15, 0.2) is 0 Å². The van der Waals surface area contributed by atoms with E-state index in [0.717, 1.165) is 19.1 Å². The second-order valence-electron chi connectivity index (χ2n) is 5.78. The van der Waals surface area contributed by atoms with E-state index in [1.54, 1.807) is 0 Å². The molecule has 0 amide bonds. The van der Waals surface area contributed by atoms with E-state index in [2.05, 4.69) is 24.2 Å². The van der Waals surface area contributed by atoms with Crippen molar-refractivity contribution in [2.24, 2.45) is 5.92 Å². The summed E-state index contributed by atoms with van der Waals surface area (Å²) in [5.74, 6) is 0.876. The first-order valence-electron chi connectivity index (χ1n) is 6.71. The van der Waals surface area contributed by atoms with Gasteiger partial charge in [-0.3, -0.25) is 0 Å². The normalized spacial score (nSPS) is 33.4. The average Bonchev–Trinajstić information content (AvgIpc) is 2.69. The van der Waals surface area contributed by atoms with Gasteiger partial charge in [0, 0.05) is 13.2 Å². The number of likely N-dealkylation sites (tertiary alicyclic amines) is 1. The van der Waals surface area contributed by atoms with Crippen LogP contribution in [0, 0.1) is 5.92 Å². The van der Waals surface area contributed by atoms with Crippen LogP contribution in [0.1, 0.15) is 32.6 Å². The summed E-state index contributed by atoms with van der Waals surface area (Å²) in [5.41, 5.74) is 0.117. The van der Waals surface area contributed by atoms with Crippen LogP contribution in [-0.4, -0.2) is 50.3 Å². The van der Waals surface area contributed by atoms with Gasteiger partial charge in [0.1, 0.15) is 0 Å². The van der Waals surface area contributed by atoms with Crippen molar-refractivity contribution in [1.29, 1.82) is 0 Å². The molecule has 3 heteroatoms. The van der Waals surface area contributed by atoms with Crippen LogP contribution in [0.4, 0.5) is 0 Å². The third kappa shape index (κ3) is 3.44. The number of hydrogen-bond donors (Lipinski definition) is 1. The molecule has 0 aromatic carbocycles. The Kier molecular flexibility index (Phi) is 4.22. The van der Waals surface area contributed by atoms with Crippen molar-refractivity contribution in [3.8, 4) is 0 Å². The lowest BCUT2D eigenvalue weighted by Crippen LogP contribution is -2.41. The van der Waals surface area contributed by atoms with E-state index in [9.17, 15) is 0 Å². The van der Waals surface area contributed by atoms with Gasteiger partial charge in [0.05, 0.1) is 5.60 Å². The molecule has 3 nitrogen and oxygen atoms in total. The molecule has 0 aromatic heterocycles. The van der Waals surface area contributed by atoms with Gasteiger partial charge in [0.25, 0.3) is 0 Å². The Morgan fingerprint density at radius 1 is 1.38 bits per heavy atom. The molecule has 2 aliphatic rings. The molecule has 2 aliphatic heterocycles. The first-order chi connectivity index (χ1) is 7.68. The molecule has 94 valence electrons. The third-order valence-electron chi connectivity index (χ3n) is 4.07. The van der Waals surface area contributed by atoms with Crippen LogP contribution in [0.15, 0.2) is 0 Å². The van der Waals surface area contributed by atoms with Crippen molar-refractivity contribution in [3.05, 3.63) is 0 Å². The number of hydrogen-bond acceptors (Lipinski definition) is 3. The van der Waals surface area contributed by atoms with Crippen molar-refractivity contribution in [2.75, 3.05) is 39.8 Å². The molecule has 2 fully saturated rings. The Balaban J connectivity index is 1.61. The van der Waals surface area contributed by atoms with Crippen LogP contribution in [-0.2, 0) is 4.74 Å². The van der Waals surface area contributed by atoms with Gasteiger partial charge in [-0.25, -0.2) is 0 Å². The zero-order chi connectivity index (χ0) is 11.4. The van der Waals surface area contributed by atoms with Crippen LogP contribution in [0.5, 0.6) is 0 Å². The molecule has 2 rings (SSSR count). The Morgan fingerprint density at radius 3 is 2.75 bits per heavy atom. The molecule has 0 bridgehead atoms. The summed E-state index contributed by atoms with van der Waals surface area (Å²) < 4.78 is 5.78. The van der Waals surface area contributed by atoms with E-state index in [1.807, 2.05) is 0 Å². The molecule has 0 aliphatic carbocycles. The molecular weight excluding hydrogens is 200 g/mol. The van der Waals surface area contributed by atoms with Crippen molar-refractivity contribution in [3.63, 3.8) is 0 Å². The van der Waals surface area contributed by atoms with Gasteiger partial charge in [-0.2, -0.15) is 0 Å². The highest BCUT2D eigenvalue weighted by Crippen LogP contribution is 2.24. The second-order valence-corrected chi connectivity index (χ2v) is 5.78. The van der Waals surface area contributed by atoms with Gasteiger partial charge in [-0.05, 0) is 65.2 Å². The summed E-state index contributed by atoms with van der Waals surface area (Å²) in [5, 5.41) is 3.61. The van der Waals surface area contributed by atoms with Crippen molar-refractivity contribution in [1.82, 2.24) is 10.2 Å². The SMILES string of the molecule is CN1CCC(CNCC2(C)CCCO2)CC1. The number of rotatable bonds is 4. The van der Waals surface area contributed by atoms with Gasteiger partial charge >= 0.3 is 0 Å². The van der Waals surface area contributed by atoms with Crippen LogP contribution < -0.4 is 5.32 Å². The summed E-state index contributed by atoms with van der Waals surface area (Å²) in [6.07, 6.45) is 5.14. The molecule has 1 atom stereocenters. The predicted octanol–water partition coefficient (Wildman–Crippen LogP) is 1.49. The summed E-state index contributed by atoms with van der Waals surface area (Å²) in [6.45, 7) is 7.92. The van der Waals surface area contributed by atoms with Gasteiger partial charge < -0.3 is 15.0 Å². The zero-order valence-corrected chi connectivity index (χ0v) is 10.8. The largest absolute Gasteiger partial charge is 0.374 e. The minimum atomic E-state index is 0.117. The van der Waals surface area contributed by atoms with E-state index in [4.69, 9.17) is 4.74 Å². The monoisotopic (exact) mass is 226 g/mol. The van der Waals surface area contributed by atoms with E-state index in [1.165, 1.54) is 45.3 Å². The first-order valence-corrected chi connectivity index (χ1v) is 6.71. The number of nitrogens with one attached hydrogen (secondary N) is 1. The van der Waals surface area contributed by atoms with Crippen LogP contribution >= 0.6 is 0 Å². The maximum Gasteiger partial charge on any atom is 0.0779 e. The third-order valence-corrected chi connectivity index (χ3v) is 4.07. The Bertz CT molecular complexity index is 206. The second kappa shape index (κ2) is 5.48. The Hall–Kier alpha value is -0.120. The zero-order valence-electron chi connectivity index (χ0n) is 10.8. The highest BCUT2D eigenvalue weighted by Gasteiger charge is 2.29. The predicted molar refractivity (Wildman–Crippen MR) is 66.7 cm³/mol. The van der Waals surface area contributed by atoms with Crippen LogP contribution in [0.25, 0.3) is 0 Å².